The van der Waals surface area contributed by atoms with Crippen molar-refractivity contribution in [2.75, 3.05) is 0 Å². The first-order valence-electron chi connectivity index (χ1n) is 6.17. The molecule has 0 bridgehead atoms. The van der Waals surface area contributed by atoms with Crippen LogP contribution in [0.2, 0.25) is 0 Å². The van der Waals surface area contributed by atoms with E-state index in [2.05, 4.69) is 15.9 Å². The maximum absolute atomic E-state index is 10.7. The Labute approximate surface area is 100 Å². The molecule has 0 radical (unpaired) electrons. The molecule has 0 aliphatic heterocycles. The van der Waals surface area contributed by atoms with E-state index in [-0.39, 0.29) is 4.83 Å². The molecule has 0 spiro atoms. The van der Waals surface area contributed by atoms with Crippen LogP contribution in [0.15, 0.2) is 0 Å². The van der Waals surface area contributed by atoms with Gasteiger partial charge in [0.1, 0.15) is 5.60 Å². The molecule has 0 heterocycles. The van der Waals surface area contributed by atoms with E-state index in [4.69, 9.17) is 0 Å². The lowest BCUT2D eigenvalue weighted by Gasteiger charge is -2.50. The van der Waals surface area contributed by atoms with Crippen molar-refractivity contribution in [2.24, 2.45) is 0 Å². The molecule has 2 atom stereocenters. The van der Waals surface area contributed by atoms with E-state index in [1.807, 2.05) is 0 Å². The van der Waals surface area contributed by atoms with Gasteiger partial charge >= 0.3 is 0 Å². The SMILES string of the molecule is OC1(C2(O)CCCCC2Br)CCCCC1. The Morgan fingerprint density at radius 1 is 0.867 bits per heavy atom. The van der Waals surface area contributed by atoms with Gasteiger partial charge in [-0.05, 0) is 25.7 Å². The van der Waals surface area contributed by atoms with E-state index in [0.29, 0.717) is 0 Å². The number of hydrogen-bond donors (Lipinski definition) is 2. The van der Waals surface area contributed by atoms with Crippen molar-refractivity contribution in [3.8, 4) is 0 Å². The van der Waals surface area contributed by atoms with Crippen molar-refractivity contribution in [3.05, 3.63) is 0 Å². The van der Waals surface area contributed by atoms with Crippen LogP contribution in [-0.4, -0.2) is 26.2 Å². The minimum absolute atomic E-state index is 0.0712. The fraction of sp³-hybridized carbons (Fsp3) is 1.00. The molecule has 2 nitrogen and oxygen atoms in total. The Morgan fingerprint density at radius 3 is 2.07 bits per heavy atom. The fourth-order valence-electron chi connectivity index (χ4n) is 3.21. The van der Waals surface area contributed by atoms with E-state index in [1.165, 1.54) is 6.42 Å². The van der Waals surface area contributed by atoms with Crippen molar-refractivity contribution in [2.45, 2.75) is 73.8 Å². The van der Waals surface area contributed by atoms with E-state index >= 15 is 0 Å². The second-order valence-corrected chi connectivity index (χ2v) is 6.34. The Morgan fingerprint density at radius 2 is 1.47 bits per heavy atom. The first-order chi connectivity index (χ1) is 7.08. The zero-order valence-corrected chi connectivity index (χ0v) is 10.8. The highest BCUT2D eigenvalue weighted by molar-refractivity contribution is 9.09. The van der Waals surface area contributed by atoms with Crippen molar-refractivity contribution >= 4 is 15.9 Å². The summed E-state index contributed by atoms with van der Waals surface area (Å²) in [7, 11) is 0. The molecule has 88 valence electrons. The molecule has 2 fully saturated rings. The van der Waals surface area contributed by atoms with Crippen LogP contribution in [0.5, 0.6) is 0 Å². The first-order valence-corrected chi connectivity index (χ1v) is 7.09. The van der Waals surface area contributed by atoms with Crippen LogP contribution in [0.1, 0.15) is 57.8 Å². The Balaban J connectivity index is 2.17. The van der Waals surface area contributed by atoms with Gasteiger partial charge in [-0.25, -0.2) is 0 Å². The molecule has 2 aliphatic rings. The molecular weight excluding hydrogens is 256 g/mol. The summed E-state index contributed by atoms with van der Waals surface area (Å²) >= 11 is 3.57. The number of aliphatic hydroxyl groups is 2. The quantitative estimate of drug-likeness (QED) is 0.723. The predicted octanol–water partition coefficient (Wildman–Crippen LogP) is 2.75. The van der Waals surface area contributed by atoms with Gasteiger partial charge in [0.25, 0.3) is 0 Å². The number of hydrogen-bond acceptors (Lipinski definition) is 2. The molecule has 2 N–H and O–H groups in total. The lowest BCUT2D eigenvalue weighted by molar-refractivity contribution is -0.177. The number of rotatable bonds is 1. The van der Waals surface area contributed by atoms with Gasteiger partial charge in [0.05, 0.1) is 5.60 Å². The average Bonchev–Trinajstić information content (AvgIpc) is 2.23. The normalized spacial score (nSPS) is 41.4. The third kappa shape index (κ3) is 1.98. The molecule has 2 aliphatic carbocycles. The molecule has 2 unspecified atom stereocenters. The van der Waals surface area contributed by atoms with Gasteiger partial charge in [0, 0.05) is 4.83 Å². The highest BCUT2D eigenvalue weighted by Gasteiger charge is 2.53. The maximum Gasteiger partial charge on any atom is 0.106 e. The molecule has 0 saturated heterocycles. The topological polar surface area (TPSA) is 40.5 Å². The van der Waals surface area contributed by atoms with Crippen LogP contribution < -0.4 is 0 Å². The standard InChI is InChI=1S/C12H21BrO2/c13-10-6-2-5-9-12(10,15)11(14)7-3-1-4-8-11/h10,14-15H,1-9H2. The molecule has 2 rings (SSSR count). The maximum atomic E-state index is 10.7. The average molecular weight is 277 g/mol. The Bertz CT molecular complexity index is 226. The summed E-state index contributed by atoms with van der Waals surface area (Å²) in [6.45, 7) is 0. The molecule has 2 saturated carbocycles. The number of alkyl halides is 1. The summed E-state index contributed by atoms with van der Waals surface area (Å²) in [5.41, 5.74) is -1.72. The molecule has 3 heteroatoms. The Kier molecular flexibility index (Phi) is 3.44. The predicted molar refractivity (Wildman–Crippen MR) is 64.2 cm³/mol. The number of halogens is 1. The minimum Gasteiger partial charge on any atom is -0.387 e. The van der Waals surface area contributed by atoms with Crippen LogP contribution in [-0.2, 0) is 0 Å². The summed E-state index contributed by atoms with van der Waals surface area (Å²) in [4.78, 5) is 0.0712. The molecule has 15 heavy (non-hydrogen) atoms. The highest BCUT2D eigenvalue weighted by Crippen LogP contribution is 2.47. The van der Waals surface area contributed by atoms with Crippen molar-refractivity contribution < 1.29 is 10.2 Å². The zero-order valence-electron chi connectivity index (χ0n) is 9.21. The Hall–Kier alpha value is 0.400. The molecule has 0 aromatic heterocycles. The molecule has 0 aromatic carbocycles. The lowest BCUT2D eigenvalue weighted by atomic mass is 9.66. The van der Waals surface area contributed by atoms with E-state index in [9.17, 15) is 10.2 Å². The third-order valence-electron chi connectivity index (χ3n) is 4.27. The summed E-state index contributed by atoms with van der Waals surface area (Å²) in [5.74, 6) is 0. The van der Waals surface area contributed by atoms with Crippen molar-refractivity contribution in [1.29, 1.82) is 0 Å². The summed E-state index contributed by atoms with van der Waals surface area (Å²) in [5, 5.41) is 21.4. The van der Waals surface area contributed by atoms with Gasteiger partial charge in [-0.2, -0.15) is 0 Å². The van der Waals surface area contributed by atoms with Crippen LogP contribution >= 0.6 is 15.9 Å². The lowest BCUT2D eigenvalue weighted by Crippen LogP contribution is -2.61. The van der Waals surface area contributed by atoms with Crippen LogP contribution in [0, 0.1) is 0 Å². The van der Waals surface area contributed by atoms with Gasteiger partial charge < -0.3 is 10.2 Å². The molecule has 0 amide bonds. The summed E-state index contributed by atoms with van der Waals surface area (Å²) in [6.07, 6.45) is 8.78. The van der Waals surface area contributed by atoms with Crippen LogP contribution in [0.3, 0.4) is 0 Å². The van der Waals surface area contributed by atoms with Crippen molar-refractivity contribution in [3.63, 3.8) is 0 Å². The van der Waals surface area contributed by atoms with E-state index < -0.39 is 11.2 Å². The van der Waals surface area contributed by atoms with Gasteiger partial charge in [-0.15, -0.1) is 0 Å². The second kappa shape index (κ2) is 4.34. The largest absolute Gasteiger partial charge is 0.387 e. The third-order valence-corrected chi connectivity index (χ3v) is 5.49. The van der Waals surface area contributed by atoms with E-state index in [1.54, 1.807) is 0 Å². The smallest absolute Gasteiger partial charge is 0.106 e. The minimum atomic E-state index is -0.883. The molecule has 0 aromatic rings. The first kappa shape index (κ1) is 11.9. The van der Waals surface area contributed by atoms with E-state index in [0.717, 1.165) is 51.4 Å². The fourth-order valence-corrected chi connectivity index (χ4v) is 4.19. The highest BCUT2D eigenvalue weighted by atomic mass is 79.9. The van der Waals surface area contributed by atoms with Gasteiger partial charge in [-0.3, -0.25) is 0 Å². The summed E-state index contributed by atoms with van der Waals surface area (Å²) < 4.78 is 0. The monoisotopic (exact) mass is 276 g/mol. The van der Waals surface area contributed by atoms with Crippen molar-refractivity contribution in [1.82, 2.24) is 0 Å². The van der Waals surface area contributed by atoms with Gasteiger partial charge in [0.2, 0.25) is 0 Å². The van der Waals surface area contributed by atoms with Gasteiger partial charge in [-0.1, -0.05) is 48.0 Å². The van der Waals surface area contributed by atoms with Crippen LogP contribution in [0.25, 0.3) is 0 Å². The molecular formula is C12H21BrO2. The second-order valence-electron chi connectivity index (χ2n) is 5.23. The zero-order chi connectivity index (χ0) is 10.9. The van der Waals surface area contributed by atoms with Crippen LogP contribution in [0.4, 0.5) is 0 Å². The van der Waals surface area contributed by atoms with Gasteiger partial charge in [0.15, 0.2) is 0 Å². The summed E-state index contributed by atoms with van der Waals surface area (Å²) in [6, 6.07) is 0.